The molecular weight excluding hydrogens is 288 g/mol. The molecule has 0 bridgehead atoms. The average molecular weight is 305 g/mol. The Morgan fingerprint density at radius 3 is 2.86 bits per heavy atom. The molecule has 0 aliphatic carbocycles. The zero-order valence-electron chi connectivity index (χ0n) is 11.9. The lowest BCUT2D eigenvalue weighted by Gasteiger charge is -2.08. The molecule has 0 saturated heterocycles. The minimum atomic E-state index is -0.208. The summed E-state index contributed by atoms with van der Waals surface area (Å²) < 4.78 is 0. The molecule has 0 radical (unpaired) electrons. The smallest absolute Gasteiger partial charge is 0.270 e. The van der Waals surface area contributed by atoms with Crippen LogP contribution in [0.4, 0.5) is 11.6 Å². The lowest BCUT2D eigenvalue weighted by molar-refractivity contribution is 0.0944. The molecule has 0 saturated carbocycles. The minimum Gasteiger partial charge on any atom is -0.350 e. The van der Waals surface area contributed by atoms with Crippen molar-refractivity contribution >= 4 is 29.1 Å². The summed E-state index contributed by atoms with van der Waals surface area (Å²) in [7, 11) is 0. The van der Waals surface area contributed by atoms with E-state index in [4.69, 9.17) is 11.6 Å². The minimum absolute atomic E-state index is 0.208. The van der Waals surface area contributed by atoms with Crippen LogP contribution >= 0.6 is 11.6 Å². The number of carbonyl (C=O) groups is 1. The van der Waals surface area contributed by atoms with Crippen LogP contribution in [0.25, 0.3) is 0 Å². The van der Waals surface area contributed by atoms with E-state index in [-0.39, 0.29) is 5.91 Å². The standard InChI is InChI=1S/C15H17ClN4O/c1-10(2)9-18-14(21)13-6-7-17-15(20-13)19-12-5-3-4-11(16)8-12/h3-8,10H,9H2,1-2H3,(H,18,21)(H,17,19,20). The maximum Gasteiger partial charge on any atom is 0.270 e. The highest BCUT2D eigenvalue weighted by Crippen LogP contribution is 2.17. The molecule has 110 valence electrons. The van der Waals surface area contributed by atoms with Gasteiger partial charge in [-0.05, 0) is 30.2 Å². The third kappa shape index (κ3) is 4.72. The molecule has 1 aromatic heterocycles. The van der Waals surface area contributed by atoms with E-state index in [9.17, 15) is 4.79 Å². The number of hydrogen-bond acceptors (Lipinski definition) is 4. The van der Waals surface area contributed by atoms with E-state index in [0.29, 0.717) is 29.1 Å². The zero-order chi connectivity index (χ0) is 15.2. The fourth-order valence-electron chi connectivity index (χ4n) is 1.63. The number of hydrogen-bond donors (Lipinski definition) is 2. The number of amides is 1. The van der Waals surface area contributed by atoms with Crippen molar-refractivity contribution in [3.05, 3.63) is 47.2 Å². The highest BCUT2D eigenvalue weighted by atomic mass is 35.5. The molecule has 0 spiro atoms. The number of benzene rings is 1. The monoisotopic (exact) mass is 304 g/mol. The van der Waals surface area contributed by atoms with E-state index in [1.165, 1.54) is 0 Å². The number of carbonyl (C=O) groups excluding carboxylic acids is 1. The van der Waals surface area contributed by atoms with Crippen molar-refractivity contribution in [1.82, 2.24) is 15.3 Å². The Morgan fingerprint density at radius 1 is 1.33 bits per heavy atom. The van der Waals surface area contributed by atoms with Crippen molar-refractivity contribution in [3.63, 3.8) is 0 Å². The van der Waals surface area contributed by atoms with Gasteiger partial charge in [-0.15, -0.1) is 0 Å². The van der Waals surface area contributed by atoms with Crippen LogP contribution in [-0.2, 0) is 0 Å². The maximum atomic E-state index is 12.0. The average Bonchev–Trinajstić information content (AvgIpc) is 2.45. The second-order valence-corrected chi connectivity index (χ2v) is 5.44. The highest BCUT2D eigenvalue weighted by molar-refractivity contribution is 6.30. The highest BCUT2D eigenvalue weighted by Gasteiger charge is 2.09. The van der Waals surface area contributed by atoms with Gasteiger partial charge < -0.3 is 10.6 Å². The first kappa shape index (κ1) is 15.3. The van der Waals surface area contributed by atoms with Crippen molar-refractivity contribution in [2.75, 3.05) is 11.9 Å². The van der Waals surface area contributed by atoms with Gasteiger partial charge in [0.05, 0.1) is 0 Å². The Hall–Kier alpha value is -2.14. The van der Waals surface area contributed by atoms with Gasteiger partial charge in [0.2, 0.25) is 5.95 Å². The molecule has 0 aliphatic heterocycles. The third-order valence-corrected chi connectivity index (χ3v) is 2.87. The molecule has 21 heavy (non-hydrogen) atoms. The van der Waals surface area contributed by atoms with Crippen LogP contribution in [0.15, 0.2) is 36.5 Å². The molecule has 0 fully saturated rings. The predicted octanol–water partition coefficient (Wildman–Crippen LogP) is 3.26. The fourth-order valence-corrected chi connectivity index (χ4v) is 1.82. The second kappa shape index (κ2) is 7.04. The zero-order valence-corrected chi connectivity index (χ0v) is 12.7. The molecule has 1 amide bonds. The maximum absolute atomic E-state index is 12.0. The molecule has 0 unspecified atom stereocenters. The summed E-state index contributed by atoms with van der Waals surface area (Å²) in [4.78, 5) is 20.3. The van der Waals surface area contributed by atoms with Crippen molar-refractivity contribution in [3.8, 4) is 0 Å². The van der Waals surface area contributed by atoms with E-state index in [1.807, 2.05) is 26.0 Å². The Balaban J connectivity index is 2.08. The van der Waals surface area contributed by atoms with Crippen LogP contribution in [0.5, 0.6) is 0 Å². The lowest BCUT2D eigenvalue weighted by Crippen LogP contribution is -2.28. The number of halogens is 1. The molecular formula is C15H17ClN4O. The Labute approximate surface area is 128 Å². The quantitative estimate of drug-likeness (QED) is 0.890. The summed E-state index contributed by atoms with van der Waals surface area (Å²) in [5.74, 6) is 0.537. The lowest BCUT2D eigenvalue weighted by atomic mass is 10.2. The number of rotatable bonds is 5. The van der Waals surface area contributed by atoms with Crippen LogP contribution in [0.2, 0.25) is 5.02 Å². The summed E-state index contributed by atoms with van der Waals surface area (Å²) in [6.07, 6.45) is 1.55. The summed E-state index contributed by atoms with van der Waals surface area (Å²) in [6.45, 7) is 4.68. The normalized spacial score (nSPS) is 10.5. The molecule has 1 aromatic carbocycles. The van der Waals surface area contributed by atoms with Crippen molar-refractivity contribution in [1.29, 1.82) is 0 Å². The van der Waals surface area contributed by atoms with Crippen molar-refractivity contribution in [2.24, 2.45) is 5.92 Å². The van der Waals surface area contributed by atoms with Gasteiger partial charge in [-0.2, -0.15) is 0 Å². The molecule has 1 heterocycles. The van der Waals surface area contributed by atoms with Crippen LogP contribution < -0.4 is 10.6 Å². The third-order valence-electron chi connectivity index (χ3n) is 2.64. The van der Waals surface area contributed by atoms with Gasteiger partial charge >= 0.3 is 0 Å². The van der Waals surface area contributed by atoms with Gasteiger partial charge in [-0.1, -0.05) is 31.5 Å². The number of aromatic nitrogens is 2. The Morgan fingerprint density at radius 2 is 2.14 bits per heavy atom. The molecule has 6 heteroatoms. The summed E-state index contributed by atoms with van der Waals surface area (Å²) >= 11 is 5.92. The number of nitrogens with zero attached hydrogens (tertiary/aromatic N) is 2. The first-order valence-corrected chi connectivity index (χ1v) is 7.06. The first-order valence-electron chi connectivity index (χ1n) is 6.68. The van der Waals surface area contributed by atoms with Crippen LogP contribution in [-0.4, -0.2) is 22.4 Å². The topological polar surface area (TPSA) is 66.9 Å². The van der Waals surface area contributed by atoms with E-state index < -0.39 is 0 Å². The Bertz CT molecular complexity index is 631. The van der Waals surface area contributed by atoms with Gasteiger partial charge in [0, 0.05) is 23.5 Å². The van der Waals surface area contributed by atoms with Crippen LogP contribution in [0.3, 0.4) is 0 Å². The predicted molar refractivity (Wildman–Crippen MR) is 83.9 cm³/mol. The molecule has 2 aromatic rings. The van der Waals surface area contributed by atoms with Crippen molar-refractivity contribution < 1.29 is 4.79 Å². The fraction of sp³-hybridized carbons (Fsp3) is 0.267. The summed E-state index contributed by atoms with van der Waals surface area (Å²) in [6, 6.07) is 8.79. The number of nitrogens with one attached hydrogen (secondary N) is 2. The molecule has 0 atom stereocenters. The van der Waals surface area contributed by atoms with E-state index in [0.717, 1.165) is 5.69 Å². The largest absolute Gasteiger partial charge is 0.350 e. The summed E-state index contributed by atoms with van der Waals surface area (Å²) in [5.41, 5.74) is 1.09. The van der Waals surface area contributed by atoms with Gasteiger partial charge in [-0.25, -0.2) is 9.97 Å². The van der Waals surface area contributed by atoms with E-state index in [1.54, 1.807) is 24.4 Å². The van der Waals surface area contributed by atoms with Crippen molar-refractivity contribution in [2.45, 2.75) is 13.8 Å². The van der Waals surface area contributed by atoms with Gasteiger partial charge in [0.15, 0.2) is 0 Å². The first-order chi connectivity index (χ1) is 10.0. The van der Waals surface area contributed by atoms with Crippen LogP contribution in [0.1, 0.15) is 24.3 Å². The SMILES string of the molecule is CC(C)CNC(=O)c1ccnc(Nc2cccc(Cl)c2)n1. The van der Waals surface area contributed by atoms with Gasteiger partial charge in [0.1, 0.15) is 5.69 Å². The molecule has 0 aliphatic rings. The number of anilines is 2. The second-order valence-electron chi connectivity index (χ2n) is 5.00. The molecule has 5 nitrogen and oxygen atoms in total. The van der Waals surface area contributed by atoms with E-state index >= 15 is 0 Å². The van der Waals surface area contributed by atoms with E-state index in [2.05, 4.69) is 20.6 Å². The molecule has 2 rings (SSSR count). The summed E-state index contributed by atoms with van der Waals surface area (Å²) in [5, 5.41) is 6.46. The Kier molecular flexibility index (Phi) is 5.11. The van der Waals surface area contributed by atoms with Gasteiger partial charge in [0.25, 0.3) is 5.91 Å². The van der Waals surface area contributed by atoms with Crippen LogP contribution in [0, 0.1) is 5.92 Å². The molecule has 2 N–H and O–H groups in total. The van der Waals surface area contributed by atoms with Gasteiger partial charge in [-0.3, -0.25) is 4.79 Å².